The Morgan fingerprint density at radius 1 is 0.737 bits per heavy atom. The van der Waals surface area contributed by atoms with Crippen LogP contribution in [0.15, 0.2) is 12.2 Å². The summed E-state index contributed by atoms with van der Waals surface area (Å²) in [7, 11) is 0. The van der Waals surface area contributed by atoms with E-state index in [-0.39, 0.29) is 0 Å². The number of allylic oxidation sites excluding steroid dienone is 2. The van der Waals surface area contributed by atoms with Crippen molar-refractivity contribution in [3.05, 3.63) is 12.2 Å². The second kappa shape index (κ2) is 17.7. The van der Waals surface area contributed by atoms with Gasteiger partial charge in [0.1, 0.15) is 0 Å². The van der Waals surface area contributed by atoms with Crippen LogP contribution in [-0.4, -0.2) is 19.8 Å². The topological polar surface area (TPSA) is 35.2 Å². The highest BCUT2D eigenvalue weighted by molar-refractivity contribution is 4.81. The summed E-state index contributed by atoms with van der Waals surface area (Å²) in [5.74, 6) is 0. The summed E-state index contributed by atoms with van der Waals surface area (Å²) in [4.78, 5) is 0. The van der Waals surface area contributed by atoms with Gasteiger partial charge in [-0.1, -0.05) is 57.6 Å². The molecule has 0 aromatic heterocycles. The number of hydrogen-bond acceptors (Lipinski definition) is 2. The van der Waals surface area contributed by atoms with E-state index in [0.717, 1.165) is 26.2 Å². The first-order valence-corrected chi connectivity index (χ1v) is 8.34. The minimum absolute atomic E-state index is 0.743. The average Bonchev–Trinajstić information content (AvgIpc) is 2.43. The maximum Gasteiger partial charge on any atom is 0.0478 e. The third kappa shape index (κ3) is 17.7. The molecule has 2 nitrogen and oxygen atoms in total. The van der Waals surface area contributed by atoms with E-state index in [1.807, 2.05) is 0 Å². The summed E-state index contributed by atoms with van der Waals surface area (Å²) in [5, 5.41) is 0. The van der Waals surface area contributed by atoms with E-state index in [1.54, 1.807) is 0 Å². The molecule has 0 unspecified atom stereocenters. The van der Waals surface area contributed by atoms with E-state index in [4.69, 9.17) is 10.5 Å². The van der Waals surface area contributed by atoms with Gasteiger partial charge in [0.15, 0.2) is 0 Å². The van der Waals surface area contributed by atoms with E-state index in [0.29, 0.717) is 0 Å². The zero-order chi connectivity index (χ0) is 14.0. The second-order valence-electron chi connectivity index (χ2n) is 5.28. The van der Waals surface area contributed by atoms with Gasteiger partial charge in [0.2, 0.25) is 0 Å². The van der Waals surface area contributed by atoms with Crippen LogP contribution in [0, 0.1) is 0 Å². The lowest BCUT2D eigenvalue weighted by molar-refractivity contribution is 0.129. The highest BCUT2D eigenvalue weighted by Crippen LogP contribution is 2.08. The van der Waals surface area contributed by atoms with Crippen LogP contribution < -0.4 is 5.73 Å². The lowest BCUT2D eigenvalue weighted by Crippen LogP contribution is -2.04. The van der Waals surface area contributed by atoms with Crippen molar-refractivity contribution in [3.8, 4) is 0 Å². The summed E-state index contributed by atoms with van der Waals surface area (Å²) < 4.78 is 5.48. The summed E-state index contributed by atoms with van der Waals surface area (Å²) in [6.45, 7) is 4.74. The molecule has 0 saturated heterocycles. The number of unbranched alkanes of at least 4 members (excludes halogenated alkanes) is 8. The summed E-state index contributed by atoms with van der Waals surface area (Å²) in [6.07, 6.45) is 18.9. The predicted molar refractivity (Wildman–Crippen MR) is 85.5 cm³/mol. The van der Waals surface area contributed by atoms with Gasteiger partial charge < -0.3 is 10.5 Å². The molecule has 0 aliphatic heterocycles. The maximum absolute atomic E-state index is 5.48. The van der Waals surface area contributed by atoms with Crippen molar-refractivity contribution in [1.29, 1.82) is 0 Å². The zero-order valence-electron chi connectivity index (χ0n) is 13.0. The van der Waals surface area contributed by atoms with Crippen LogP contribution in [0.5, 0.6) is 0 Å². The number of nitrogens with two attached hydrogens (primary N) is 1. The standard InChI is InChI=1S/C17H35NO/c1-2-3-4-5-6-7-8-9-10-11-12-13-16-19-17-14-15-18/h5-6H,2-4,7-18H2,1H3/b6-5-. The molecule has 0 saturated carbocycles. The summed E-state index contributed by atoms with van der Waals surface area (Å²) in [5.41, 5.74) is 5.40. The van der Waals surface area contributed by atoms with Crippen molar-refractivity contribution in [2.75, 3.05) is 19.8 Å². The van der Waals surface area contributed by atoms with Crippen LogP contribution >= 0.6 is 0 Å². The molecule has 0 radical (unpaired) electrons. The van der Waals surface area contributed by atoms with E-state index in [2.05, 4.69) is 19.1 Å². The van der Waals surface area contributed by atoms with Crippen LogP contribution in [0.2, 0.25) is 0 Å². The van der Waals surface area contributed by atoms with Gasteiger partial charge in [0.25, 0.3) is 0 Å². The quantitative estimate of drug-likeness (QED) is 0.341. The normalized spacial score (nSPS) is 11.5. The molecule has 0 aromatic rings. The first-order valence-electron chi connectivity index (χ1n) is 8.34. The Morgan fingerprint density at radius 2 is 1.32 bits per heavy atom. The first-order chi connectivity index (χ1) is 9.41. The van der Waals surface area contributed by atoms with Crippen molar-refractivity contribution in [1.82, 2.24) is 0 Å². The van der Waals surface area contributed by atoms with Gasteiger partial charge >= 0.3 is 0 Å². The highest BCUT2D eigenvalue weighted by atomic mass is 16.5. The summed E-state index contributed by atoms with van der Waals surface area (Å²) >= 11 is 0. The third-order valence-electron chi connectivity index (χ3n) is 3.29. The fourth-order valence-electron chi connectivity index (χ4n) is 2.02. The van der Waals surface area contributed by atoms with Crippen molar-refractivity contribution < 1.29 is 4.74 Å². The summed E-state index contributed by atoms with van der Waals surface area (Å²) in [6, 6.07) is 0. The number of hydrogen-bond donors (Lipinski definition) is 1. The van der Waals surface area contributed by atoms with E-state index < -0.39 is 0 Å². The molecule has 2 heteroatoms. The molecule has 0 aromatic carbocycles. The minimum atomic E-state index is 0.743. The van der Waals surface area contributed by atoms with E-state index >= 15 is 0 Å². The van der Waals surface area contributed by atoms with Gasteiger partial charge in [-0.25, -0.2) is 0 Å². The Bertz CT molecular complexity index is 180. The third-order valence-corrected chi connectivity index (χ3v) is 3.29. The van der Waals surface area contributed by atoms with Gasteiger partial charge in [-0.3, -0.25) is 0 Å². The van der Waals surface area contributed by atoms with Crippen molar-refractivity contribution in [2.24, 2.45) is 5.73 Å². The molecular weight excluding hydrogens is 234 g/mol. The average molecular weight is 269 g/mol. The second-order valence-corrected chi connectivity index (χ2v) is 5.28. The molecule has 0 amide bonds. The van der Waals surface area contributed by atoms with Crippen LogP contribution in [0.1, 0.15) is 77.6 Å². The largest absolute Gasteiger partial charge is 0.381 e. The Balaban J connectivity index is 2.97. The van der Waals surface area contributed by atoms with E-state index in [1.165, 1.54) is 64.2 Å². The maximum atomic E-state index is 5.48. The van der Waals surface area contributed by atoms with Gasteiger partial charge in [-0.2, -0.15) is 0 Å². The molecule has 0 fully saturated rings. The van der Waals surface area contributed by atoms with Crippen LogP contribution in [0.3, 0.4) is 0 Å². The smallest absolute Gasteiger partial charge is 0.0478 e. The molecule has 0 spiro atoms. The minimum Gasteiger partial charge on any atom is -0.381 e. The fourth-order valence-corrected chi connectivity index (χ4v) is 2.02. The fraction of sp³-hybridized carbons (Fsp3) is 0.882. The van der Waals surface area contributed by atoms with Crippen LogP contribution in [0.25, 0.3) is 0 Å². The first kappa shape index (κ1) is 18.7. The molecule has 0 aliphatic carbocycles. The molecule has 19 heavy (non-hydrogen) atoms. The molecule has 0 bridgehead atoms. The molecule has 0 rings (SSSR count). The van der Waals surface area contributed by atoms with Crippen LogP contribution in [-0.2, 0) is 4.74 Å². The monoisotopic (exact) mass is 269 g/mol. The lowest BCUT2D eigenvalue weighted by atomic mass is 10.1. The highest BCUT2D eigenvalue weighted by Gasteiger charge is 1.92. The molecule has 2 N–H and O–H groups in total. The number of ether oxygens (including phenoxy) is 1. The zero-order valence-corrected chi connectivity index (χ0v) is 13.0. The molecule has 0 atom stereocenters. The predicted octanol–water partition coefficient (Wildman–Crippen LogP) is 4.83. The Labute approximate surface area is 120 Å². The van der Waals surface area contributed by atoms with E-state index in [9.17, 15) is 0 Å². The van der Waals surface area contributed by atoms with Gasteiger partial charge in [0, 0.05) is 13.2 Å². The Morgan fingerprint density at radius 3 is 2.00 bits per heavy atom. The number of rotatable bonds is 15. The van der Waals surface area contributed by atoms with Gasteiger partial charge in [-0.15, -0.1) is 0 Å². The molecule has 0 heterocycles. The Kier molecular flexibility index (Phi) is 17.3. The van der Waals surface area contributed by atoms with Gasteiger partial charge in [-0.05, 0) is 38.6 Å². The van der Waals surface area contributed by atoms with Crippen LogP contribution in [0.4, 0.5) is 0 Å². The molecule has 0 aliphatic rings. The molecular formula is C17H35NO. The van der Waals surface area contributed by atoms with Crippen molar-refractivity contribution in [2.45, 2.75) is 77.6 Å². The SMILES string of the molecule is CCCC/C=C\CCCCCCCCOCCCN. The molecule has 114 valence electrons. The van der Waals surface area contributed by atoms with Crippen molar-refractivity contribution >= 4 is 0 Å². The van der Waals surface area contributed by atoms with Crippen molar-refractivity contribution in [3.63, 3.8) is 0 Å². The van der Waals surface area contributed by atoms with Gasteiger partial charge in [0.05, 0.1) is 0 Å². The Hall–Kier alpha value is -0.340. The lowest BCUT2D eigenvalue weighted by Gasteiger charge is -2.03.